The summed E-state index contributed by atoms with van der Waals surface area (Å²) in [5.41, 5.74) is 1.60. The van der Waals surface area contributed by atoms with Gasteiger partial charge in [-0.05, 0) is 49.1 Å². The Bertz CT molecular complexity index is 880. The Morgan fingerprint density at radius 3 is 2.74 bits per heavy atom. The molecule has 1 aromatic heterocycles. The minimum absolute atomic E-state index is 0.282. The molecule has 0 unspecified atom stereocenters. The molecule has 23 heavy (non-hydrogen) atoms. The second-order valence-electron chi connectivity index (χ2n) is 5.75. The van der Waals surface area contributed by atoms with Crippen LogP contribution in [0, 0.1) is 11.7 Å². The summed E-state index contributed by atoms with van der Waals surface area (Å²) < 4.78 is 19.9. The van der Waals surface area contributed by atoms with Gasteiger partial charge in [0.15, 0.2) is 0 Å². The van der Waals surface area contributed by atoms with Crippen molar-refractivity contribution in [2.45, 2.75) is 12.8 Å². The molecule has 5 heteroatoms. The summed E-state index contributed by atoms with van der Waals surface area (Å²) in [4.78, 5) is 8.86. The molecule has 3 aromatic rings. The first kappa shape index (κ1) is 14.4. The number of fused-ring (bicyclic) bond motifs is 1. The predicted octanol–water partition coefficient (Wildman–Crippen LogP) is 4.88. The van der Waals surface area contributed by atoms with Crippen LogP contribution in [0.25, 0.3) is 22.2 Å². The lowest BCUT2D eigenvalue weighted by molar-refractivity contribution is 0.278. The lowest BCUT2D eigenvalue weighted by atomic mass is 10.1. The summed E-state index contributed by atoms with van der Waals surface area (Å²) in [5, 5.41) is 1.27. The second-order valence-corrected chi connectivity index (χ2v) is 6.19. The number of benzene rings is 2. The van der Waals surface area contributed by atoms with Crippen molar-refractivity contribution in [1.29, 1.82) is 0 Å². The zero-order valence-corrected chi connectivity index (χ0v) is 13.1. The molecule has 1 aliphatic rings. The van der Waals surface area contributed by atoms with Gasteiger partial charge < -0.3 is 4.74 Å². The maximum Gasteiger partial charge on any atom is 0.317 e. The molecule has 1 heterocycles. The highest BCUT2D eigenvalue weighted by molar-refractivity contribution is 6.31. The first-order valence-corrected chi connectivity index (χ1v) is 7.93. The highest BCUT2D eigenvalue weighted by Gasteiger charge is 2.23. The Labute approximate surface area is 138 Å². The van der Waals surface area contributed by atoms with E-state index in [1.54, 1.807) is 36.4 Å². The van der Waals surface area contributed by atoms with E-state index in [9.17, 15) is 4.39 Å². The Hall–Kier alpha value is -2.20. The first-order valence-electron chi connectivity index (χ1n) is 7.56. The van der Waals surface area contributed by atoms with Gasteiger partial charge in [0.2, 0.25) is 0 Å². The van der Waals surface area contributed by atoms with Crippen molar-refractivity contribution >= 4 is 22.5 Å². The van der Waals surface area contributed by atoms with Crippen molar-refractivity contribution in [3.8, 4) is 17.3 Å². The van der Waals surface area contributed by atoms with Crippen LogP contribution in [0.15, 0.2) is 42.5 Å². The van der Waals surface area contributed by atoms with Crippen molar-refractivity contribution in [3.05, 3.63) is 53.3 Å². The third-order valence-electron chi connectivity index (χ3n) is 3.91. The first-order chi connectivity index (χ1) is 11.2. The zero-order valence-electron chi connectivity index (χ0n) is 12.3. The van der Waals surface area contributed by atoms with Gasteiger partial charge in [0, 0.05) is 16.0 Å². The molecule has 0 aliphatic heterocycles. The summed E-state index contributed by atoms with van der Waals surface area (Å²) in [7, 11) is 0. The van der Waals surface area contributed by atoms with Crippen molar-refractivity contribution in [1.82, 2.24) is 9.97 Å². The number of aromatic nitrogens is 2. The smallest absolute Gasteiger partial charge is 0.317 e. The molecular weight excluding hydrogens is 315 g/mol. The van der Waals surface area contributed by atoms with Crippen LogP contribution in [0.5, 0.6) is 6.01 Å². The maximum absolute atomic E-state index is 14.2. The largest absolute Gasteiger partial charge is 0.463 e. The molecule has 1 aliphatic carbocycles. The molecular formula is C18H14ClFN2O. The fraction of sp³-hybridized carbons (Fsp3) is 0.222. The van der Waals surface area contributed by atoms with E-state index in [-0.39, 0.29) is 11.8 Å². The van der Waals surface area contributed by atoms with E-state index < -0.39 is 0 Å². The van der Waals surface area contributed by atoms with Crippen molar-refractivity contribution in [2.24, 2.45) is 5.92 Å². The van der Waals surface area contributed by atoms with Gasteiger partial charge in [-0.15, -0.1) is 0 Å². The minimum Gasteiger partial charge on any atom is -0.463 e. The van der Waals surface area contributed by atoms with Gasteiger partial charge in [0.05, 0.1) is 17.8 Å². The number of hydrogen-bond acceptors (Lipinski definition) is 3. The summed E-state index contributed by atoms with van der Waals surface area (Å²) in [6.07, 6.45) is 2.37. The van der Waals surface area contributed by atoms with Gasteiger partial charge in [0.1, 0.15) is 5.82 Å². The van der Waals surface area contributed by atoms with Crippen molar-refractivity contribution in [2.75, 3.05) is 6.61 Å². The van der Waals surface area contributed by atoms with E-state index in [0.717, 1.165) is 0 Å². The molecule has 2 aromatic carbocycles. The van der Waals surface area contributed by atoms with E-state index in [2.05, 4.69) is 9.97 Å². The Morgan fingerprint density at radius 2 is 1.96 bits per heavy atom. The fourth-order valence-electron chi connectivity index (χ4n) is 2.48. The van der Waals surface area contributed by atoms with Crippen LogP contribution in [0.4, 0.5) is 4.39 Å². The molecule has 0 amide bonds. The normalized spacial score (nSPS) is 14.2. The maximum atomic E-state index is 14.2. The number of halogens is 2. The van der Waals surface area contributed by atoms with Gasteiger partial charge in [-0.25, -0.2) is 4.39 Å². The SMILES string of the molecule is Fc1ccccc1-c1nc(OCC2CC2)nc2ccc(Cl)cc12. The molecule has 0 saturated heterocycles. The summed E-state index contributed by atoms with van der Waals surface area (Å²) >= 11 is 6.09. The van der Waals surface area contributed by atoms with E-state index in [4.69, 9.17) is 16.3 Å². The summed E-state index contributed by atoms with van der Waals surface area (Å²) in [6.45, 7) is 0.607. The summed E-state index contributed by atoms with van der Waals surface area (Å²) in [5.74, 6) is 0.261. The van der Waals surface area contributed by atoms with Gasteiger partial charge in [0.25, 0.3) is 0 Å². The molecule has 1 fully saturated rings. The molecule has 3 nitrogen and oxygen atoms in total. The van der Waals surface area contributed by atoms with Crippen LogP contribution in [-0.2, 0) is 0 Å². The molecule has 0 atom stereocenters. The zero-order chi connectivity index (χ0) is 15.8. The van der Waals surface area contributed by atoms with Gasteiger partial charge in [-0.3, -0.25) is 0 Å². The van der Waals surface area contributed by atoms with Crippen LogP contribution in [0.1, 0.15) is 12.8 Å². The van der Waals surface area contributed by atoms with Crippen LogP contribution >= 0.6 is 11.6 Å². The van der Waals surface area contributed by atoms with E-state index in [1.807, 2.05) is 0 Å². The highest BCUT2D eigenvalue weighted by atomic mass is 35.5. The number of hydrogen-bond donors (Lipinski definition) is 0. The third-order valence-corrected chi connectivity index (χ3v) is 4.15. The standard InChI is InChI=1S/C18H14ClFN2O/c19-12-7-8-16-14(9-12)17(13-3-1-2-4-15(13)20)22-18(21-16)23-10-11-5-6-11/h1-4,7-9,11H,5-6,10H2. The average Bonchev–Trinajstić information content (AvgIpc) is 3.37. The van der Waals surface area contributed by atoms with E-state index >= 15 is 0 Å². The molecule has 0 radical (unpaired) electrons. The number of ether oxygens (including phenoxy) is 1. The quantitative estimate of drug-likeness (QED) is 0.684. The lowest BCUT2D eigenvalue weighted by Gasteiger charge is -2.10. The van der Waals surface area contributed by atoms with Gasteiger partial charge in [-0.2, -0.15) is 9.97 Å². The molecule has 4 rings (SSSR count). The minimum atomic E-state index is -0.333. The van der Waals surface area contributed by atoms with E-state index in [1.165, 1.54) is 18.9 Å². The van der Waals surface area contributed by atoms with Crippen molar-refractivity contribution < 1.29 is 9.13 Å². The lowest BCUT2D eigenvalue weighted by Crippen LogP contribution is -2.04. The third kappa shape index (κ3) is 2.99. The number of rotatable bonds is 4. The van der Waals surface area contributed by atoms with Crippen LogP contribution in [0.3, 0.4) is 0 Å². The van der Waals surface area contributed by atoms with Crippen LogP contribution in [-0.4, -0.2) is 16.6 Å². The second kappa shape index (κ2) is 5.78. The van der Waals surface area contributed by atoms with Crippen LogP contribution in [0.2, 0.25) is 5.02 Å². The Morgan fingerprint density at radius 1 is 1.13 bits per heavy atom. The Balaban J connectivity index is 1.87. The molecule has 0 N–H and O–H groups in total. The predicted molar refractivity (Wildman–Crippen MR) is 88.2 cm³/mol. The van der Waals surface area contributed by atoms with E-state index in [0.29, 0.717) is 39.7 Å². The van der Waals surface area contributed by atoms with Gasteiger partial charge in [-0.1, -0.05) is 23.7 Å². The molecule has 0 spiro atoms. The molecule has 0 bridgehead atoms. The van der Waals surface area contributed by atoms with Crippen LogP contribution < -0.4 is 4.74 Å². The molecule has 116 valence electrons. The summed E-state index contributed by atoms with van der Waals surface area (Å²) in [6, 6.07) is 12.1. The topological polar surface area (TPSA) is 35.0 Å². The fourth-order valence-corrected chi connectivity index (χ4v) is 2.65. The Kier molecular flexibility index (Phi) is 3.62. The van der Waals surface area contributed by atoms with Gasteiger partial charge >= 0.3 is 6.01 Å². The number of nitrogens with zero attached hydrogens (tertiary/aromatic N) is 2. The average molecular weight is 329 g/mol. The van der Waals surface area contributed by atoms with Crippen molar-refractivity contribution in [3.63, 3.8) is 0 Å². The monoisotopic (exact) mass is 328 g/mol. The highest BCUT2D eigenvalue weighted by Crippen LogP contribution is 2.33. The molecule has 1 saturated carbocycles.